The van der Waals surface area contributed by atoms with Gasteiger partial charge in [-0.15, -0.1) is 0 Å². The molecule has 3 heteroatoms. The fraction of sp³-hybridized carbons (Fsp3) is 0.909. The average molecular weight is 194 g/mol. The lowest BCUT2D eigenvalue weighted by Gasteiger charge is -2.21. The number of rotatable bonds is 2. The zero-order valence-corrected chi connectivity index (χ0v) is 8.54. The molecule has 0 aromatic carbocycles. The van der Waals surface area contributed by atoms with Gasteiger partial charge in [0.1, 0.15) is 6.61 Å². The van der Waals surface area contributed by atoms with Crippen LogP contribution in [0.5, 0.6) is 0 Å². The second-order valence-corrected chi connectivity index (χ2v) is 4.71. The van der Waals surface area contributed by atoms with Crippen molar-refractivity contribution in [2.45, 2.75) is 31.7 Å². The molecule has 14 heavy (non-hydrogen) atoms. The highest BCUT2D eigenvalue weighted by molar-refractivity contribution is 5.80. The predicted octanol–water partition coefficient (Wildman–Crippen LogP) is 1.19. The third-order valence-corrected chi connectivity index (χ3v) is 3.55. The van der Waals surface area contributed by atoms with Crippen LogP contribution in [0, 0.1) is 11.8 Å². The molecule has 0 radical (unpaired) electrons. The number of hydrogen-bond donors (Lipinski definition) is 1. The molecule has 2 aliphatic heterocycles. The van der Waals surface area contributed by atoms with E-state index in [9.17, 15) is 0 Å². The van der Waals surface area contributed by atoms with E-state index in [0.717, 1.165) is 31.5 Å². The summed E-state index contributed by atoms with van der Waals surface area (Å²) in [6.07, 6.45) is 5.15. The second-order valence-electron chi connectivity index (χ2n) is 4.71. The van der Waals surface area contributed by atoms with E-state index in [4.69, 9.17) is 9.73 Å². The molecule has 2 heterocycles. The SMILES string of the molecule is C1CC(C2=NC(C3CC3)CO2)CCN1. The maximum Gasteiger partial charge on any atom is 0.186 e. The standard InChI is InChI=1S/C11H18N2O/c1-2-8(1)10-7-14-11(13-10)9-3-5-12-6-4-9/h8-10,12H,1-7H2. The largest absolute Gasteiger partial charge is 0.478 e. The Labute approximate surface area is 84.9 Å². The lowest BCUT2D eigenvalue weighted by molar-refractivity contribution is 0.277. The lowest BCUT2D eigenvalue weighted by atomic mass is 9.98. The van der Waals surface area contributed by atoms with Crippen LogP contribution >= 0.6 is 0 Å². The Bertz CT molecular complexity index is 242. The quantitative estimate of drug-likeness (QED) is 0.716. The van der Waals surface area contributed by atoms with E-state index in [2.05, 4.69) is 5.32 Å². The van der Waals surface area contributed by atoms with Gasteiger partial charge >= 0.3 is 0 Å². The topological polar surface area (TPSA) is 33.6 Å². The highest BCUT2D eigenvalue weighted by Crippen LogP contribution is 2.37. The number of nitrogens with zero attached hydrogens (tertiary/aromatic N) is 1. The fourth-order valence-electron chi connectivity index (χ4n) is 2.42. The van der Waals surface area contributed by atoms with Gasteiger partial charge in [-0.3, -0.25) is 0 Å². The van der Waals surface area contributed by atoms with E-state index < -0.39 is 0 Å². The zero-order chi connectivity index (χ0) is 9.38. The minimum atomic E-state index is 0.514. The lowest BCUT2D eigenvalue weighted by Crippen LogP contribution is -2.31. The van der Waals surface area contributed by atoms with Gasteiger partial charge in [0, 0.05) is 5.92 Å². The number of piperidine rings is 1. The molecule has 1 atom stereocenters. The molecule has 1 aliphatic carbocycles. The molecule has 1 saturated heterocycles. The van der Waals surface area contributed by atoms with Gasteiger partial charge in [0.2, 0.25) is 0 Å². The molecule has 2 fully saturated rings. The van der Waals surface area contributed by atoms with Crippen LogP contribution in [0.4, 0.5) is 0 Å². The number of hydrogen-bond acceptors (Lipinski definition) is 3. The van der Waals surface area contributed by atoms with Gasteiger partial charge in [0.15, 0.2) is 5.90 Å². The van der Waals surface area contributed by atoms with Crippen molar-refractivity contribution in [2.75, 3.05) is 19.7 Å². The first-order valence-electron chi connectivity index (χ1n) is 5.84. The van der Waals surface area contributed by atoms with Crippen LogP contribution in [0.3, 0.4) is 0 Å². The summed E-state index contributed by atoms with van der Waals surface area (Å²) in [5.74, 6) is 2.54. The number of ether oxygens (including phenoxy) is 1. The summed E-state index contributed by atoms with van der Waals surface area (Å²) >= 11 is 0. The van der Waals surface area contributed by atoms with Crippen LogP contribution in [0.2, 0.25) is 0 Å². The highest BCUT2D eigenvalue weighted by Gasteiger charge is 2.36. The fourth-order valence-corrected chi connectivity index (χ4v) is 2.42. The third kappa shape index (κ3) is 1.65. The molecule has 0 amide bonds. The first-order valence-corrected chi connectivity index (χ1v) is 5.84. The van der Waals surface area contributed by atoms with E-state index >= 15 is 0 Å². The molecule has 0 aromatic rings. The van der Waals surface area contributed by atoms with Gasteiger partial charge < -0.3 is 10.1 Å². The zero-order valence-electron chi connectivity index (χ0n) is 8.54. The Morgan fingerprint density at radius 3 is 2.64 bits per heavy atom. The minimum Gasteiger partial charge on any atom is -0.478 e. The van der Waals surface area contributed by atoms with E-state index in [1.807, 2.05) is 0 Å². The first kappa shape index (κ1) is 8.72. The van der Waals surface area contributed by atoms with Crippen molar-refractivity contribution in [3.8, 4) is 0 Å². The van der Waals surface area contributed by atoms with E-state index in [0.29, 0.717) is 12.0 Å². The number of aliphatic imine (C=N–C) groups is 1. The third-order valence-electron chi connectivity index (χ3n) is 3.55. The Morgan fingerprint density at radius 1 is 1.14 bits per heavy atom. The summed E-state index contributed by atoms with van der Waals surface area (Å²) < 4.78 is 5.73. The Hall–Kier alpha value is -0.570. The van der Waals surface area contributed by atoms with Crippen molar-refractivity contribution in [3.63, 3.8) is 0 Å². The normalized spacial score (nSPS) is 34.0. The van der Waals surface area contributed by atoms with Gasteiger partial charge in [-0.25, -0.2) is 4.99 Å². The first-order chi connectivity index (χ1) is 6.93. The molecule has 1 unspecified atom stereocenters. The summed E-state index contributed by atoms with van der Waals surface area (Å²) in [5.41, 5.74) is 0. The smallest absolute Gasteiger partial charge is 0.186 e. The van der Waals surface area contributed by atoms with Gasteiger partial charge in [0.05, 0.1) is 6.04 Å². The highest BCUT2D eigenvalue weighted by atomic mass is 16.5. The van der Waals surface area contributed by atoms with Crippen molar-refractivity contribution in [1.29, 1.82) is 0 Å². The molecule has 1 N–H and O–H groups in total. The summed E-state index contributed by atoms with van der Waals surface area (Å²) in [4.78, 5) is 4.74. The molecule has 3 rings (SSSR count). The number of nitrogens with one attached hydrogen (secondary N) is 1. The van der Waals surface area contributed by atoms with Crippen molar-refractivity contribution in [1.82, 2.24) is 5.32 Å². The minimum absolute atomic E-state index is 0.514. The summed E-state index contributed by atoms with van der Waals surface area (Å²) in [6, 6.07) is 0.514. The van der Waals surface area contributed by atoms with Crippen LogP contribution in [-0.4, -0.2) is 31.6 Å². The molecule has 78 valence electrons. The molecule has 0 bridgehead atoms. The molecule has 3 aliphatic rings. The molecular weight excluding hydrogens is 176 g/mol. The predicted molar refractivity (Wildman–Crippen MR) is 55.5 cm³/mol. The maximum atomic E-state index is 5.73. The molecule has 1 saturated carbocycles. The monoisotopic (exact) mass is 194 g/mol. The van der Waals surface area contributed by atoms with Crippen molar-refractivity contribution < 1.29 is 4.74 Å². The maximum absolute atomic E-state index is 5.73. The van der Waals surface area contributed by atoms with E-state index in [1.54, 1.807) is 0 Å². The van der Waals surface area contributed by atoms with E-state index in [-0.39, 0.29) is 0 Å². The Morgan fingerprint density at radius 2 is 1.93 bits per heavy atom. The van der Waals surface area contributed by atoms with Gasteiger partial charge in [-0.2, -0.15) is 0 Å². The second kappa shape index (κ2) is 3.54. The van der Waals surface area contributed by atoms with Crippen LogP contribution in [0.15, 0.2) is 4.99 Å². The Balaban J connectivity index is 1.63. The summed E-state index contributed by atoms with van der Waals surface area (Å²) in [7, 11) is 0. The summed E-state index contributed by atoms with van der Waals surface area (Å²) in [5, 5.41) is 3.37. The van der Waals surface area contributed by atoms with Crippen LogP contribution in [0.1, 0.15) is 25.7 Å². The van der Waals surface area contributed by atoms with E-state index in [1.165, 1.54) is 25.7 Å². The summed E-state index contributed by atoms with van der Waals surface area (Å²) in [6.45, 7) is 3.12. The van der Waals surface area contributed by atoms with Gasteiger partial charge in [0.25, 0.3) is 0 Å². The average Bonchev–Trinajstić information content (AvgIpc) is 2.98. The molecule has 3 nitrogen and oxygen atoms in total. The molecular formula is C11H18N2O. The molecule has 0 aromatic heterocycles. The van der Waals surface area contributed by atoms with Crippen LogP contribution < -0.4 is 5.32 Å². The van der Waals surface area contributed by atoms with Crippen LogP contribution in [0.25, 0.3) is 0 Å². The molecule has 0 spiro atoms. The van der Waals surface area contributed by atoms with Crippen LogP contribution in [-0.2, 0) is 4.74 Å². The van der Waals surface area contributed by atoms with Crippen molar-refractivity contribution in [3.05, 3.63) is 0 Å². The Kier molecular flexibility index (Phi) is 2.20. The van der Waals surface area contributed by atoms with Crippen molar-refractivity contribution >= 4 is 5.90 Å². The van der Waals surface area contributed by atoms with Gasteiger partial charge in [-0.1, -0.05) is 0 Å². The van der Waals surface area contributed by atoms with Gasteiger partial charge in [-0.05, 0) is 44.7 Å². The van der Waals surface area contributed by atoms with Crippen molar-refractivity contribution in [2.24, 2.45) is 16.8 Å².